The summed E-state index contributed by atoms with van der Waals surface area (Å²) >= 11 is -1.95. The SMILES string of the molecule is CCCCO[C](=O)[Zn][C](=O)OCCCC. The second kappa shape index (κ2) is 10.1. The van der Waals surface area contributed by atoms with Gasteiger partial charge in [-0.3, -0.25) is 0 Å². The van der Waals surface area contributed by atoms with Gasteiger partial charge in [0.15, 0.2) is 0 Å². The van der Waals surface area contributed by atoms with E-state index in [0.717, 1.165) is 25.7 Å². The summed E-state index contributed by atoms with van der Waals surface area (Å²) in [6.07, 6.45) is 3.69. The molecule has 84 valence electrons. The molecule has 0 saturated carbocycles. The van der Waals surface area contributed by atoms with Crippen molar-refractivity contribution in [1.29, 1.82) is 0 Å². The molecule has 0 heterocycles. The third-order valence-corrected chi connectivity index (χ3v) is 3.88. The van der Waals surface area contributed by atoms with Crippen LogP contribution in [0.2, 0.25) is 0 Å². The van der Waals surface area contributed by atoms with Crippen molar-refractivity contribution in [3.05, 3.63) is 0 Å². The standard InChI is InChI=1S/2C5H9O2.Zn/c2*1-2-3-4-7-5-6;/h2*2-4H2,1H3;. The van der Waals surface area contributed by atoms with Crippen molar-refractivity contribution < 1.29 is 36.2 Å². The summed E-state index contributed by atoms with van der Waals surface area (Å²) in [5.74, 6) is 0. The molecule has 0 aromatic carbocycles. The average molecular weight is 268 g/mol. The minimum absolute atomic E-state index is 0.308. The Bertz CT molecular complexity index is 174. The Morgan fingerprint density at radius 3 is 1.67 bits per heavy atom. The minimum atomic E-state index is -1.95. The second-order valence-electron chi connectivity index (χ2n) is 3.32. The molecular weight excluding hydrogens is 249 g/mol. The molecule has 15 heavy (non-hydrogen) atoms. The monoisotopic (exact) mass is 266 g/mol. The van der Waals surface area contributed by atoms with Gasteiger partial charge in [-0.05, 0) is 0 Å². The molecular formula is C10H18O4Zn. The molecule has 0 atom stereocenters. The van der Waals surface area contributed by atoms with E-state index in [-0.39, 0.29) is 9.13 Å². The van der Waals surface area contributed by atoms with Gasteiger partial charge in [0.1, 0.15) is 0 Å². The normalized spacial score (nSPS) is 9.20. The van der Waals surface area contributed by atoms with Crippen molar-refractivity contribution in [3.8, 4) is 0 Å². The predicted octanol–water partition coefficient (Wildman–Crippen LogP) is 2.94. The van der Waals surface area contributed by atoms with E-state index < -0.39 is 17.1 Å². The molecule has 0 aliphatic heterocycles. The first-order chi connectivity index (χ1) is 7.20. The second-order valence-corrected chi connectivity index (χ2v) is 6.49. The van der Waals surface area contributed by atoms with Gasteiger partial charge in [0.05, 0.1) is 0 Å². The molecule has 0 radical (unpaired) electrons. The van der Waals surface area contributed by atoms with E-state index in [9.17, 15) is 9.59 Å². The molecule has 0 unspecified atom stereocenters. The number of rotatable bonds is 8. The Morgan fingerprint density at radius 2 is 1.33 bits per heavy atom. The van der Waals surface area contributed by atoms with Gasteiger partial charge in [0.25, 0.3) is 0 Å². The molecule has 0 aromatic rings. The summed E-state index contributed by atoms with van der Waals surface area (Å²) in [7, 11) is 0. The van der Waals surface area contributed by atoms with E-state index in [4.69, 9.17) is 9.47 Å². The average Bonchev–Trinajstić information content (AvgIpc) is 2.18. The zero-order valence-electron chi connectivity index (χ0n) is 9.58. The van der Waals surface area contributed by atoms with Crippen molar-refractivity contribution in [3.63, 3.8) is 0 Å². The van der Waals surface area contributed by atoms with E-state index in [1.807, 2.05) is 13.8 Å². The summed E-state index contributed by atoms with van der Waals surface area (Å²) in [4.78, 5) is 22.2. The number of ether oxygens (including phenoxy) is 2. The van der Waals surface area contributed by atoms with Crippen LogP contribution in [0, 0.1) is 0 Å². The first kappa shape index (κ1) is 14.6. The Kier molecular flexibility index (Phi) is 9.80. The molecule has 0 N–H and O–H groups in total. The quantitative estimate of drug-likeness (QED) is 0.501. The first-order valence-electron chi connectivity index (χ1n) is 5.52. The van der Waals surface area contributed by atoms with Crippen molar-refractivity contribution >= 4 is 9.13 Å². The van der Waals surface area contributed by atoms with Crippen LogP contribution >= 0.6 is 0 Å². The first-order valence-corrected chi connectivity index (χ1v) is 8.48. The molecule has 0 fully saturated rings. The van der Waals surface area contributed by atoms with Gasteiger partial charge in [-0.25, -0.2) is 0 Å². The zero-order chi connectivity index (χ0) is 11.5. The van der Waals surface area contributed by atoms with Crippen LogP contribution in [-0.4, -0.2) is 22.3 Å². The van der Waals surface area contributed by atoms with Crippen molar-refractivity contribution in [1.82, 2.24) is 0 Å². The topological polar surface area (TPSA) is 52.6 Å². The van der Waals surface area contributed by atoms with Gasteiger partial charge in [0, 0.05) is 0 Å². The van der Waals surface area contributed by atoms with Gasteiger partial charge in [0.2, 0.25) is 0 Å². The molecule has 0 spiro atoms. The molecule has 5 heteroatoms. The third kappa shape index (κ3) is 9.86. The third-order valence-electron chi connectivity index (χ3n) is 1.81. The fourth-order valence-corrected chi connectivity index (χ4v) is 2.41. The molecule has 0 bridgehead atoms. The molecule has 0 rings (SSSR count). The van der Waals surface area contributed by atoms with E-state index in [1.54, 1.807) is 0 Å². The summed E-state index contributed by atoms with van der Waals surface area (Å²) in [6.45, 7) is 4.91. The molecule has 0 saturated heterocycles. The van der Waals surface area contributed by atoms with Crippen LogP contribution in [0.4, 0.5) is 9.59 Å². The summed E-state index contributed by atoms with van der Waals surface area (Å²) in [5.41, 5.74) is 0. The fraction of sp³-hybridized carbons (Fsp3) is 0.800. The molecule has 0 amide bonds. The van der Waals surface area contributed by atoms with E-state index in [1.165, 1.54) is 0 Å². The van der Waals surface area contributed by atoms with Gasteiger partial charge < -0.3 is 0 Å². The maximum absolute atomic E-state index is 11.1. The fourth-order valence-electron chi connectivity index (χ4n) is 0.881. The van der Waals surface area contributed by atoms with Crippen LogP contribution in [0.1, 0.15) is 39.5 Å². The molecule has 0 aliphatic rings. The van der Waals surface area contributed by atoms with E-state index in [2.05, 4.69) is 0 Å². The van der Waals surface area contributed by atoms with Gasteiger partial charge >= 0.3 is 98.1 Å². The Balaban J connectivity index is 3.45. The van der Waals surface area contributed by atoms with E-state index >= 15 is 0 Å². The Labute approximate surface area is 98.3 Å². The van der Waals surface area contributed by atoms with Crippen LogP contribution in [0.3, 0.4) is 0 Å². The van der Waals surface area contributed by atoms with Crippen molar-refractivity contribution in [2.75, 3.05) is 13.2 Å². The Morgan fingerprint density at radius 1 is 0.933 bits per heavy atom. The summed E-state index contributed by atoms with van der Waals surface area (Å²) in [6, 6.07) is 0. The maximum atomic E-state index is 11.1. The van der Waals surface area contributed by atoms with Crippen LogP contribution in [0.5, 0.6) is 0 Å². The molecule has 0 aromatic heterocycles. The van der Waals surface area contributed by atoms with Crippen molar-refractivity contribution in [2.24, 2.45) is 0 Å². The van der Waals surface area contributed by atoms with Crippen LogP contribution in [0.25, 0.3) is 0 Å². The number of hydrogen-bond donors (Lipinski definition) is 0. The van der Waals surface area contributed by atoms with Crippen LogP contribution in [0.15, 0.2) is 0 Å². The predicted molar refractivity (Wildman–Crippen MR) is 52.5 cm³/mol. The summed E-state index contributed by atoms with van der Waals surface area (Å²) in [5, 5.41) is 0. The van der Waals surface area contributed by atoms with Gasteiger partial charge in [-0.2, -0.15) is 0 Å². The van der Waals surface area contributed by atoms with Gasteiger partial charge in [-0.15, -0.1) is 0 Å². The number of carbonyl (C=O) groups is 2. The molecule has 4 nitrogen and oxygen atoms in total. The van der Waals surface area contributed by atoms with Gasteiger partial charge in [-0.1, -0.05) is 0 Å². The van der Waals surface area contributed by atoms with Crippen LogP contribution < -0.4 is 0 Å². The zero-order valence-corrected chi connectivity index (χ0v) is 12.5. The van der Waals surface area contributed by atoms with E-state index in [0.29, 0.717) is 13.2 Å². The molecule has 0 aliphatic carbocycles. The number of hydrogen-bond acceptors (Lipinski definition) is 4. The number of unbranched alkanes of at least 4 members (excludes halogenated alkanes) is 2. The van der Waals surface area contributed by atoms with Crippen LogP contribution in [-0.2, 0) is 26.6 Å². The number of carbonyl (C=O) groups excluding carboxylic acids is 2. The van der Waals surface area contributed by atoms with Crippen molar-refractivity contribution in [2.45, 2.75) is 39.5 Å². The summed E-state index contributed by atoms with van der Waals surface area (Å²) < 4.78 is 9.19. The Hall–Kier alpha value is -0.437.